The van der Waals surface area contributed by atoms with E-state index in [1.165, 1.54) is 0 Å². The number of alkyl halides is 1. The average Bonchev–Trinajstić information content (AvgIpc) is 3.46. The Labute approximate surface area is 196 Å². The Balaban J connectivity index is 1.43. The van der Waals surface area contributed by atoms with E-state index in [1.807, 2.05) is 52.7 Å². The van der Waals surface area contributed by atoms with Crippen molar-refractivity contribution in [3.05, 3.63) is 42.1 Å². The Hall–Kier alpha value is -3.33. The third kappa shape index (κ3) is 3.94. The highest BCUT2D eigenvalue weighted by atomic mass is 19.1. The smallest absolute Gasteiger partial charge is 0.160 e. The van der Waals surface area contributed by atoms with Crippen molar-refractivity contribution in [2.45, 2.75) is 57.3 Å². The molecular formula is C25H28FN7O. The third-order valence-electron chi connectivity index (χ3n) is 6.90. The average molecular weight is 462 g/mol. The first-order valence-corrected chi connectivity index (χ1v) is 12.0. The molecular weight excluding hydrogens is 433 g/mol. The first kappa shape index (κ1) is 21.2. The highest BCUT2D eigenvalue weighted by Crippen LogP contribution is 2.30. The number of aromatic nitrogens is 5. The summed E-state index contributed by atoms with van der Waals surface area (Å²) >= 11 is 0. The molecule has 1 saturated carbocycles. The summed E-state index contributed by atoms with van der Waals surface area (Å²) in [5, 5.41) is 18.4. The van der Waals surface area contributed by atoms with Crippen molar-refractivity contribution in [2.24, 2.45) is 0 Å². The van der Waals surface area contributed by atoms with Gasteiger partial charge in [-0.1, -0.05) is 12.1 Å². The lowest BCUT2D eigenvalue weighted by atomic mass is 9.93. The quantitative estimate of drug-likeness (QED) is 0.476. The molecule has 9 heteroatoms. The van der Waals surface area contributed by atoms with Crippen molar-refractivity contribution < 1.29 is 9.50 Å². The number of halogens is 1. The molecule has 2 aliphatic rings. The van der Waals surface area contributed by atoms with Crippen molar-refractivity contribution in [1.82, 2.24) is 24.6 Å². The van der Waals surface area contributed by atoms with Crippen molar-refractivity contribution in [3.8, 4) is 11.4 Å². The molecule has 6 rings (SSSR count). The van der Waals surface area contributed by atoms with Gasteiger partial charge in [0.15, 0.2) is 5.65 Å². The lowest BCUT2D eigenvalue weighted by Gasteiger charge is -2.27. The number of rotatable bonds is 4. The van der Waals surface area contributed by atoms with Crippen LogP contribution in [-0.2, 0) is 0 Å². The largest absolute Gasteiger partial charge is 0.393 e. The van der Waals surface area contributed by atoms with E-state index in [-0.39, 0.29) is 12.1 Å². The number of hydrogen-bond acceptors (Lipinski definition) is 7. The maximum Gasteiger partial charge on any atom is 0.160 e. The van der Waals surface area contributed by atoms with Gasteiger partial charge in [-0.2, -0.15) is 9.61 Å². The third-order valence-corrected chi connectivity index (χ3v) is 6.90. The molecule has 176 valence electrons. The molecule has 8 nitrogen and oxygen atoms in total. The summed E-state index contributed by atoms with van der Waals surface area (Å²) in [6, 6.07) is 11.9. The number of fused-ring (bicyclic) bond motifs is 2. The second-order valence-corrected chi connectivity index (χ2v) is 9.43. The SMILES string of the molecule is Cc1nc2ccccc2nc1-c1cc2nc(N3CC[C@@H](F)C3)cc(N[C@H]3CC[C@@H](O)CC3)n2n1. The monoisotopic (exact) mass is 461 g/mol. The van der Waals surface area contributed by atoms with Gasteiger partial charge >= 0.3 is 0 Å². The number of aliphatic hydroxyl groups excluding tert-OH is 1. The minimum atomic E-state index is -0.828. The number of nitrogens with one attached hydrogen (secondary N) is 1. The van der Waals surface area contributed by atoms with E-state index in [0.717, 1.165) is 59.7 Å². The van der Waals surface area contributed by atoms with Gasteiger partial charge in [0.1, 0.15) is 29.2 Å². The minimum Gasteiger partial charge on any atom is -0.393 e. The lowest BCUT2D eigenvalue weighted by molar-refractivity contribution is 0.126. The molecule has 0 bridgehead atoms. The van der Waals surface area contributed by atoms with E-state index in [4.69, 9.17) is 20.1 Å². The van der Waals surface area contributed by atoms with Crippen LogP contribution >= 0.6 is 0 Å². The van der Waals surface area contributed by atoms with Crippen LogP contribution < -0.4 is 10.2 Å². The molecule has 1 saturated heterocycles. The minimum absolute atomic E-state index is 0.220. The van der Waals surface area contributed by atoms with Gasteiger partial charge in [-0.15, -0.1) is 0 Å². The highest BCUT2D eigenvalue weighted by molar-refractivity contribution is 5.78. The number of para-hydroxylation sites is 2. The van der Waals surface area contributed by atoms with Crippen LogP contribution in [0.15, 0.2) is 36.4 Å². The van der Waals surface area contributed by atoms with Gasteiger partial charge in [-0.3, -0.25) is 0 Å². The van der Waals surface area contributed by atoms with Gasteiger partial charge in [0.2, 0.25) is 0 Å². The summed E-state index contributed by atoms with van der Waals surface area (Å²) in [6.45, 7) is 2.94. The Kier molecular flexibility index (Phi) is 5.28. The number of benzene rings is 1. The fraction of sp³-hybridized carbons (Fsp3) is 0.440. The van der Waals surface area contributed by atoms with E-state index < -0.39 is 6.17 Å². The Bertz CT molecular complexity index is 1350. The van der Waals surface area contributed by atoms with Crippen LogP contribution in [0.3, 0.4) is 0 Å². The molecule has 4 aromatic rings. The van der Waals surface area contributed by atoms with Crippen LogP contribution in [0.5, 0.6) is 0 Å². The second kappa shape index (κ2) is 8.47. The molecule has 2 fully saturated rings. The number of nitrogens with zero attached hydrogens (tertiary/aromatic N) is 6. The molecule has 4 heterocycles. The molecule has 0 unspecified atom stereocenters. The van der Waals surface area contributed by atoms with E-state index in [9.17, 15) is 9.50 Å². The number of anilines is 2. The zero-order valence-electron chi connectivity index (χ0n) is 19.2. The molecule has 0 radical (unpaired) electrons. The molecule has 1 aliphatic heterocycles. The molecule has 1 aliphatic carbocycles. The van der Waals surface area contributed by atoms with Crippen LogP contribution in [0.4, 0.5) is 16.0 Å². The van der Waals surface area contributed by atoms with Gasteiger partial charge in [0, 0.05) is 24.7 Å². The molecule has 2 N–H and O–H groups in total. The maximum absolute atomic E-state index is 13.9. The van der Waals surface area contributed by atoms with E-state index in [1.54, 1.807) is 0 Å². The zero-order chi connectivity index (χ0) is 23.2. The molecule has 34 heavy (non-hydrogen) atoms. The fourth-order valence-corrected chi connectivity index (χ4v) is 5.03. The van der Waals surface area contributed by atoms with E-state index in [2.05, 4.69) is 5.32 Å². The highest BCUT2D eigenvalue weighted by Gasteiger charge is 2.26. The number of hydrogen-bond donors (Lipinski definition) is 2. The topological polar surface area (TPSA) is 91.5 Å². The first-order chi connectivity index (χ1) is 16.5. The van der Waals surface area contributed by atoms with Crippen LogP contribution in [0, 0.1) is 6.92 Å². The predicted molar refractivity (Wildman–Crippen MR) is 130 cm³/mol. The second-order valence-electron chi connectivity index (χ2n) is 9.43. The normalized spacial score (nSPS) is 23.1. The predicted octanol–water partition coefficient (Wildman–Crippen LogP) is 3.91. The molecule has 1 atom stereocenters. The van der Waals surface area contributed by atoms with Crippen molar-refractivity contribution in [1.29, 1.82) is 0 Å². The Morgan fingerprint density at radius 3 is 2.50 bits per heavy atom. The van der Waals surface area contributed by atoms with E-state index in [0.29, 0.717) is 30.9 Å². The summed E-state index contributed by atoms with van der Waals surface area (Å²) in [7, 11) is 0. The summed E-state index contributed by atoms with van der Waals surface area (Å²) in [5.41, 5.74) is 4.58. The van der Waals surface area contributed by atoms with Gasteiger partial charge in [0.25, 0.3) is 0 Å². The van der Waals surface area contributed by atoms with Gasteiger partial charge in [-0.05, 0) is 51.2 Å². The number of aliphatic hydroxyl groups is 1. The zero-order valence-corrected chi connectivity index (χ0v) is 19.2. The van der Waals surface area contributed by atoms with Gasteiger partial charge in [0.05, 0.1) is 29.4 Å². The summed E-state index contributed by atoms with van der Waals surface area (Å²) in [4.78, 5) is 16.4. The standard InChI is InChI=1S/C25H28FN7O/c1-15-25(29-20-5-3-2-4-19(20)27-15)21-12-23-30-22(32-11-10-16(26)14-32)13-24(33(23)31-21)28-17-6-8-18(34)9-7-17/h2-5,12-13,16-18,28,34H,6-11,14H2,1H3/t16-,17-,18+/m1/s1. The van der Waals surface area contributed by atoms with E-state index >= 15 is 0 Å². The summed E-state index contributed by atoms with van der Waals surface area (Å²) in [6.07, 6.45) is 2.81. The lowest BCUT2D eigenvalue weighted by Crippen LogP contribution is -2.29. The number of aryl methyl sites for hydroxylation is 1. The van der Waals surface area contributed by atoms with Gasteiger partial charge in [-0.25, -0.2) is 19.3 Å². The van der Waals surface area contributed by atoms with Crippen LogP contribution in [0.25, 0.3) is 28.1 Å². The Morgan fingerprint density at radius 2 is 1.76 bits per heavy atom. The van der Waals surface area contributed by atoms with Crippen LogP contribution in [0.1, 0.15) is 37.8 Å². The molecule has 3 aromatic heterocycles. The van der Waals surface area contributed by atoms with Crippen molar-refractivity contribution >= 4 is 28.3 Å². The van der Waals surface area contributed by atoms with Crippen LogP contribution in [0.2, 0.25) is 0 Å². The molecule has 0 amide bonds. The summed E-state index contributed by atoms with van der Waals surface area (Å²) < 4.78 is 15.7. The van der Waals surface area contributed by atoms with Crippen molar-refractivity contribution in [3.63, 3.8) is 0 Å². The Morgan fingerprint density at radius 1 is 1.00 bits per heavy atom. The van der Waals surface area contributed by atoms with Crippen LogP contribution in [-0.4, -0.2) is 61.1 Å². The fourth-order valence-electron chi connectivity index (χ4n) is 5.03. The molecule has 1 aromatic carbocycles. The molecule has 0 spiro atoms. The maximum atomic E-state index is 13.9. The van der Waals surface area contributed by atoms with Crippen molar-refractivity contribution in [2.75, 3.05) is 23.3 Å². The van der Waals surface area contributed by atoms with Gasteiger partial charge < -0.3 is 15.3 Å². The summed E-state index contributed by atoms with van der Waals surface area (Å²) in [5.74, 6) is 1.57. The first-order valence-electron chi connectivity index (χ1n) is 12.0.